The highest BCUT2D eigenvalue weighted by Crippen LogP contribution is 2.40. The van der Waals surface area contributed by atoms with Crippen LogP contribution in [0.4, 0.5) is 5.69 Å². The first-order valence-electron chi connectivity index (χ1n) is 7.65. The van der Waals surface area contributed by atoms with E-state index in [2.05, 4.69) is 4.98 Å². The number of rotatable bonds is 6. The molecule has 1 aliphatic carbocycles. The summed E-state index contributed by atoms with van der Waals surface area (Å²) < 4.78 is 10.7. The summed E-state index contributed by atoms with van der Waals surface area (Å²) in [6.07, 6.45) is 2.11. The van der Waals surface area contributed by atoms with Gasteiger partial charge in [-0.2, -0.15) is 0 Å². The van der Waals surface area contributed by atoms with Crippen molar-refractivity contribution in [2.75, 3.05) is 18.6 Å². The number of carbonyl (C=O) groups excluding carboxylic acids is 1. The Morgan fingerprint density at radius 2 is 2.00 bits per heavy atom. The number of aromatic nitrogens is 1. The zero-order valence-electron chi connectivity index (χ0n) is 13.5. The van der Waals surface area contributed by atoms with E-state index in [1.807, 2.05) is 0 Å². The van der Waals surface area contributed by atoms with Crippen molar-refractivity contribution in [1.82, 2.24) is 4.98 Å². The zero-order valence-corrected chi connectivity index (χ0v) is 13.5. The highest BCUT2D eigenvalue weighted by Gasteiger charge is 2.31. The largest absolute Gasteiger partial charge is 0.482 e. The molecule has 24 heavy (non-hydrogen) atoms. The number of carbonyl (C=O) groups is 2. The monoisotopic (exact) mass is 330 g/mol. The quantitative estimate of drug-likeness (QED) is 0.875. The minimum Gasteiger partial charge on any atom is -0.482 e. The molecule has 7 nitrogen and oxygen atoms in total. The van der Waals surface area contributed by atoms with Crippen molar-refractivity contribution in [3.63, 3.8) is 0 Å². The molecule has 0 saturated heterocycles. The number of carboxylic acids is 1. The molecule has 0 atom stereocenters. The molecule has 1 saturated carbocycles. The van der Waals surface area contributed by atoms with Crippen molar-refractivity contribution in [2.24, 2.45) is 0 Å². The molecule has 0 spiro atoms. The average molecular weight is 330 g/mol. The van der Waals surface area contributed by atoms with Crippen LogP contribution in [0.5, 0.6) is 5.75 Å². The summed E-state index contributed by atoms with van der Waals surface area (Å²) in [6.45, 7) is 1.36. The number of carboxylic acid groups (broad SMARTS) is 1. The molecule has 1 amide bonds. The Morgan fingerprint density at radius 1 is 1.33 bits per heavy atom. The fourth-order valence-electron chi connectivity index (χ4n) is 2.30. The van der Waals surface area contributed by atoms with Gasteiger partial charge in [-0.1, -0.05) is 0 Å². The van der Waals surface area contributed by atoms with E-state index in [-0.39, 0.29) is 11.7 Å². The van der Waals surface area contributed by atoms with Crippen molar-refractivity contribution < 1.29 is 23.8 Å². The lowest BCUT2D eigenvalue weighted by Gasteiger charge is -2.16. The highest BCUT2D eigenvalue weighted by atomic mass is 16.5. The van der Waals surface area contributed by atoms with E-state index >= 15 is 0 Å². The molecular weight excluding hydrogens is 312 g/mol. The third kappa shape index (κ3) is 3.40. The van der Waals surface area contributed by atoms with Crippen LogP contribution in [0, 0.1) is 6.92 Å². The second kappa shape index (κ2) is 6.35. The van der Waals surface area contributed by atoms with Crippen molar-refractivity contribution >= 4 is 17.6 Å². The molecule has 0 unspecified atom stereocenters. The van der Waals surface area contributed by atoms with Crippen LogP contribution in [0.2, 0.25) is 0 Å². The molecule has 1 N–H and O–H groups in total. The molecule has 1 fully saturated rings. The maximum absolute atomic E-state index is 12.6. The third-order valence-electron chi connectivity index (χ3n) is 3.82. The Labute approximate surface area is 138 Å². The normalized spacial score (nSPS) is 13.6. The Hall–Kier alpha value is -2.83. The highest BCUT2D eigenvalue weighted by molar-refractivity contribution is 6.04. The minimum absolute atomic E-state index is 0.255. The van der Waals surface area contributed by atoms with Crippen LogP contribution in [0.15, 0.2) is 28.7 Å². The van der Waals surface area contributed by atoms with Gasteiger partial charge in [0.05, 0.1) is 5.69 Å². The number of oxazole rings is 1. The Bertz CT molecular complexity index is 762. The topological polar surface area (TPSA) is 92.9 Å². The molecule has 1 heterocycles. The number of nitrogens with zero attached hydrogens (tertiary/aromatic N) is 2. The van der Waals surface area contributed by atoms with Crippen molar-refractivity contribution in [2.45, 2.75) is 25.7 Å². The SMILES string of the molecule is Cc1nc(C2CC2)oc1C(=O)N(C)c1ccc(OCC(=O)O)cc1. The summed E-state index contributed by atoms with van der Waals surface area (Å²) in [4.78, 5) is 28.9. The Balaban J connectivity index is 1.72. The van der Waals surface area contributed by atoms with Gasteiger partial charge >= 0.3 is 5.97 Å². The molecule has 2 aromatic rings. The van der Waals surface area contributed by atoms with Gasteiger partial charge in [0.15, 0.2) is 12.5 Å². The number of aliphatic carboxylic acids is 1. The summed E-state index contributed by atoms with van der Waals surface area (Å²) >= 11 is 0. The number of hydrogen-bond donors (Lipinski definition) is 1. The standard InChI is InChI=1S/C17H18N2O5/c1-10-15(24-16(18-10)11-3-4-11)17(22)19(2)12-5-7-13(8-6-12)23-9-14(20)21/h5-8,11H,3-4,9H2,1-2H3,(H,20,21). The van der Waals surface area contributed by atoms with Crippen molar-refractivity contribution in [3.8, 4) is 5.75 Å². The van der Waals surface area contributed by atoms with Gasteiger partial charge < -0.3 is 19.2 Å². The summed E-state index contributed by atoms with van der Waals surface area (Å²) in [5.74, 6) is 0.354. The maximum atomic E-state index is 12.6. The molecule has 1 aromatic heterocycles. The molecule has 1 aliphatic rings. The lowest BCUT2D eigenvalue weighted by molar-refractivity contribution is -0.139. The van der Waals surface area contributed by atoms with E-state index in [9.17, 15) is 9.59 Å². The van der Waals surface area contributed by atoms with Gasteiger partial charge in [0, 0.05) is 18.7 Å². The van der Waals surface area contributed by atoms with Crippen LogP contribution >= 0.6 is 0 Å². The second-order valence-corrected chi connectivity index (χ2v) is 5.78. The predicted octanol–water partition coefficient (Wildman–Crippen LogP) is 2.60. The van der Waals surface area contributed by atoms with E-state index in [0.29, 0.717) is 28.9 Å². The summed E-state index contributed by atoms with van der Waals surface area (Å²) in [6, 6.07) is 6.60. The zero-order chi connectivity index (χ0) is 17.3. The minimum atomic E-state index is -1.04. The van der Waals surface area contributed by atoms with E-state index in [1.165, 1.54) is 4.90 Å². The van der Waals surface area contributed by atoms with Crippen LogP contribution < -0.4 is 9.64 Å². The van der Waals surface area contributed by atoms with E-state index in [1.54, 1.807) is 38.2 Å². The smallest absolute Gasteiger partial charge is 0.341 e. The molecule has 1 aromatic carbocycles. The number of aryl methyl sites for hydroxylation is 1. The Morgan fingerprint density at radius 3 is 2.58 bits per heavy atom. The lowest BCUT2D eigenvalue weighted by Crippen LogP contribution is -2.26. The van der Waals surface area contributed by atoms with E-state index < -0.39 is 12.6 Å². The van der Waals surface area contributed by atoms with E-state index in [0.717, 1.165) is 12.8 Å². The van der Waals surface area contributed by atoms with Crippen LogP contribution in [-0.2, 0) is 4.79 Å². The fraction of sp³-hybridized carbons (Fsp3) is 0.353. The van der Waals surface area contributed by atoms with Crippen LogP contribution in [-0.4, -0.2) is 35.6 Å². The molecule has 3 rings (SSSR count). The molecule has 0 bridgehead atoms. The fourth-order valence-corrected chi connectivity index (χ4v) is 2.30. The number of ether oxygens (including phenoxy) is 1. The summed E-state index contributed by atoms with van der Waals surface area (Å²) in [5.41, 5.74) is 1.24. The molecule has 0 aliphatic heterocycles. The lowest BCUT2D eigenvalue weighted by atomic mass is 10.2. The van der Waals surface area contributed by atoms with Gasteiger partial charge in [0.2, 0.25) is 5.76 Å². The average Bonchev–Trinajstić information content (AvgIpc) is 3.35. The number of amides is 1. The van der Waals surface area contributed by atoms with E-state index in [4.69, 9.17) is 14.3 Å². The summed E-state index contributed by atoms with van der Waals surface area (Å²) in [7, 11) is 1.65. The molecule has 0 radical (unpaired) electrons. The number of anilines is 1. The van der Waals surface area contributed by atoms with Gasteiger partial charge in [0.25, 0.3) is 5.91 Å². The van der Waals surface area contributed by atoms with Crippen LogP contribution in [0.25, 0.3) is 0 Å². The van der Waals surface area contributed by atoms with Gasteiger partial charge in [-0.3, -0.25) is 4.79 Å². The van der Waals surface area contributed by atoms with Gasteiger partial charge in [0.1, 0.15) is 5.75 Å². The first kappa shape index (κ1) is 16.0. The number of hydrogen-bond acceptors (Lipinski definition) is 5. The molecule has 126 valence electrons. The number of benzene rings is 1. The Kier molecular flexibility index (Phi) is 4.24. The van der Waals surface area contributed by atoms with Crippen LogP contribution in [0.1, 0.15) is 40.9 Å². The second-order valence-electron chi connectivity index (χ2n) is 5.78. The predicted molar refractivity (Wildman–Crippen MR) is 85.5 cm³/mol. The van der Waals surface area contributed by atoms with Gasteiger partial charge in [-0.05, 0) is 44.0 Å². The van der Waals surface area contributed by atoms with Crippen molar-refractivity contribution in [3.05, 3.63) is 41.6 Å². The van der Waals surface area contributed by atoms with Gasteiger partial charge in [-0.15, -0.1) is 0 Å². The molecular formula is C17H18N2O5. The maximum Gasteiger partial charge on any atom is 0.341 e. The summed E-state index contributed by atoms with van der Waals surface area (Å²) in [5, 5.41) is 8.59. The first-order valence-corrected chi connectivity index (χ1v) is 7.65. The molecule has 7 heteroatoms. The van der Waals surface area contributed by atoms with Crippen LogP contribution in [0.3, 0.4) is 0 Å². The van der Waals surface area contributed by atoms with Gasteiger partial charge in [-0.25, -0.2) is 9.78 Å². The first-order chi connectivity index (χ1) is 11.5. The third-order valence-corrected chi connectivity index (χ3v) is 3.82. The van der Waals surface area contributed by atoms with Crippen molar-refractivity contribution in [1.29, 1.82) is 0 Å².